The molecule has 0 bridgehead atoms. The summed E-state index contributed by atoms with van der Waals surface area (Å²) >= 11 is 0. The fourth-order valence-corrected chi connectivity index (χ4v) is 4.41. The molecule has 0 unspecified atom stereocenters. The van der Waals surface area contributed by atoms with Crippen LogP contribution in [0.1, 0.15) is 10.5 Å². The van der Waals surface area contributed by atoms with Crippen molar-refractivity contribution in [3.05, 3.63) is 96.8 Å². The Kier molecular flexibility index (Phi) is 6.01. The van der Waals surface area contributed by atoms with Gasteiger partial charge in [0.2, 0.25) is 0 Å². The van der Waals surface area contributed by atoms with Gasteiger partial charge in [-0.05, 0) is 42.5 Å². The Balaban J connectivity index is 1.35. The monoisotopic (exact) mass is 517 g/mol. The summed E-state index contributed by atoms with van der Waals surface area (Å²) in [4.78, 5) is 20.8. The van der Waals surface area contributed by atoms with E-state index in [-0.39, 0.29) is 5.69 Å². The smallest absolute Gasteiger partial charge is 0.267 e. The summed E-state index contributed by atoms with van der Waals surface area (Å²) in [6.07, 6.45) is 1.69. The highest BCUT2D eigenvalue weighted by Gasteiger charge is 2.15. The van der Waals surface area contributed by atoms with E-state index in [0.29, 0.717) is 34.3 Å². The van der Waals surface area contributed by atoms with Gasteiger partial charge < -0.3 is 19.9 Å². The lowest BCUT2D eigenvalue weighted by Crippen LogP contribution is -2.14. The Morgan fingerprint density at radius 3 is 2.28 bits per heavy atom. The number of hydrogen-bond acceptors (Lipinski definition) is 7. The predicted molar refractivity (Wildman–Crippen MR) is 147 cm³/mol. The van der Waals surface area contributed by atoms with Gasteiger partial charge in [-0.25, -0.2) is 9.50 Å². The van der Waals surface area contributed by atoms with Crippen LogP contribution >= 0.6 is 0 Å². The maximum absolute atomic E-state index is 11.9. The summed E-state index contributed by atoms with van der Waals surface area (Å²) in [5, 5.41) is 5.57. The standard InChI is InChI=1S/C30H23N5O4/c1-37-27-14-21-23(16-28(27)38-2)32-13-12-26(21)39-20-10-8-18(9-11-20)22-17-29-33-24(30(31)36)15-25(35(29)34-22)19-6-4-3-5-7-19/h3-17H,1-2H3,(H2,31,36). The Hall–Kier alpha value is -5.44. The molecule has 192 valence electrons. The van der Waals surface area contributed by atoms with E-state index < -0.39 is 5.91 Å². The molecule has 9 heteroatoms. The number of hydrogen-bond donors (Lipinski definition) is 1. The SMILES string of the molecule is COc1cc2nccc(Oc3ccc(-c4cc5nc(C(N)=O)cc(-c6ccccc6)n5n4)cc3)c2cc1OC. The summed E-state index contributed by atoms with van der Waals surface area (Å²) in [7, 11) is 3.18. The minimum Gasteiger partial charge on any atom is -0.493 e. The van der Waals surface area contributed by atoms with E-state index in [2.05, 4.69) is 9.97 Å². The number of pyridine rings is 1. The fourth-order valence-electron chi connectivity index (χ4n) is 4.41. The van der Waals surface area contributed by atoms with E-state index in [9.17, 15) is 4.79 Å². The van der Waals surface area contributed by atoms with E-state index >= 15 is 0 Å². The van der Waals surface area contributed by atoms with Crippen molar-refractivity contribution in [2.45, 2.75) is 0 Å². The van der Waals surface area contributed by atoms with Crippen LogP contribution < -0.4 is 19.9 Å². The van der Waals surface area contributed by atoms with Crippen molar-refractivity contribution >= 4 is 22.5 Å². The minimum absolute atomic E-state index is 0.176. The van der Waals surface area contributed by atoms with Gasteiger partial charge in [-0.2, -0.15) is 5.10 Å². The first kappa shape index (κ1) is 23.9. The second-order valence-electron chi connectivity index (χ2n) is 8.72. The Morgan fingerprint density at radius 1 is 0.821 bits per heavy atom. The minimum atomic E-state index is -0.598. The molecule has 0 saturated heterocycles. The molecule has 1 amide bonds. The van der Waals surface area contributed by atoms with Crippen molar-refractivity contribution < 1.29 is 19.0 Å². The number of rotatable bonds is 7. The number of carbonyl (C=O) groups is 1. The fraction of sp³-hybridized carbons (Fsp3) is 0.0667. The van der Waals surface area contributed by atoms with Crippen LogP contribution in [-0.4, -0.2) is 39.7 Å². The average Bonchev–Trinajstić information content (AvgIpc) is 3.41. The van der Waals surface area contributed by atoms with Crippen molar-refractivity contribution in [3.63, 3.8) is 0 Å². The number of carbonyl (C=O) groups excluding carboxylic acids is 1. The molecule has 9 nitrogen and oxygen atoms in total. The zero-order chi connectivity index (χ0) is 26.9. The summed E-state index contributed by atoms with van der Waals surface area (Å²) < 4.78 is 18.8. The second kappa shape index (κ2) is 9.79. The van der Waals surface area contributed by atoms with Gasteiger partial charge in [-0.15, -0.1) is 0 Å². The van der Waals surface area contributed by atoms with Crippen LogP contribution in [0.5, 0.6) is 23.0 Å². The normalized spacial score (nSPS) is 11.0. The molecule has 0 aliphatic heterocycles. The van der Waals surface area contributed by atoms with Gasteiger partial charge in [-0.1, -0.05) is 30.3 Å². The molecule has 0 aliphatic rings. The van der Waals surface area contributed by atoms with E-state index in [1.807, 2.05) is 72.8 Å². The molecule has 3 heterocycles. The van der Waals surface area contributed by atoms with E-state index in [1.54, 1.807) is 37.1 Å². The van der Waals surface area contributed by atoms with Gasteiger partial charge >= 0.3 is 0 Å². The molecule has 0 radical (unpaired) electrons. The summed E-state index contributed by atoms with van der Waals surface area (Å²) in [5.41, 5.74) is 10.1. The van der Waals surface area contributed by atoms with Crippen LogP contribution in [0, 0.1) is 0 Å². The van der Waals surface area contributed by atoms with Crippen LogP contribution in [-0.2, 0) is 0 Å². The lowest BCUT2D eigenvalue weighted by Gasteiger charge is -2.12. The van der Waals surface area contributed by atoms with Crippen molar-refractivity contribution in [1.82, 2.24) is 19.6 Å². The summed E-state index contributed by atoms with van der Waals surface area (Å²) in [6.45, 7) is 0. The number of methoxy groups -OCH3 is 2. The Morgan fingerprint density at radius 2 is 1.56 bits per heavy atom. The first-order valence-electron chi connectivity index (χ1n) is 12.1. The number of benzene rings is 3. The third-order valence-electron chi connectivity index (χ3n) is 6.33. The van der Waals surface area contributed by atoms with Crippen LogP contribution in [0.15, 0.2) is 91.1 Å². The zero-order valence-corrected chi connectivity index (χ0v) is 21.2. The highest BCUT2D eigenvalue weighted by atomic mass is 16.5. The molecular weight excluding hydrogens is 494 g/mol. The molecule has 0 saturated carbocycles. The molecule has 3 aromatic heterocycles. The zero-order valence-electron chi connectivity index (χ0n) is 21.2. The van der Waals surface area contributed by atoms with Gasteiger partial charge in [0, 0.05) is 34.8 Å². The Labute approximate surface area is 223 Å². The van der Waals surface area contributed by atoms with Crippen LogP contribution in [0.25, 0.3) is 39.1 Å². The topological polar surface area (TPSA) is 114 Å². The highest BCUT2D eigenvalue weighted by molar-refractivity contribution is 5.92. The van der Waals surface area contributed by atoms with Crippen LogP contribution in [0.4, 0.5) is 0 Å². The van der Waals surface area contributed by atoms with E-state index in [4.69, 9.17) is 25.0 Å². The van der Waals surface area contributed by atoms with Gasteiger partial charge in [0.1, 0.15) is 17.2 Å². The van der Waals surface area contributed by atoms with Crippen molar-refractivity contribution in [2.24, 2.45) is 5.73 Å². The molecule has 6 rings (SSSR count). The first-order chi connectivity index (χ1) is 19.0. The lowest BCUT2D eigenvalue weighted by molar-refractivity contribution is 0.0995. The van der Waals surface area contributed by atoms with E-state index in [1.165, 1.54) is 0 Å². The predicted octanol–water partition coefficient (Wildman–Crippen LogP) is 5.52. The molecular formula is C30H23N5O4. The largest absolute Gasteiger partial charge is 0.493 e. The average molecular weight is 518 g/mol. The molecule has 0 atom stereocenters. The molecule has 39 heavy (non-hydrogen) atoms. The third kappa shape index (κ3) is 4.46. The number of nitrogens with zero attached hydrogens (tertiary/aromatic N) is 4. The van der Waals surface area contributed by atoms with Crippen molar-refractivity contribution in [2.75, 3.05) is 14.2 Å². The van der Waals surface area contributed by atoms with Crippen LogP contribution in [0.2, 0.25) is 0 Å². The van der Waals surface area contributed by atoms with Gasteiger partial charge in [0.25, 0.3) is 5.91 Å². The second-order valence-corrected chi connectivity index (χ2v) is 8.72. The maximum Gasteiger partial charge on any atom is 0.267 e. The first-order valence-corrected chi connectivity index (χ1v) is 12.1. The van der Waals surface area contributed by atoms with Crippen LogP contribution in [0.3, 0.4) is 0 Å². The third-order valence-corrected chi connectivity index (χ3v) is 6.33. The van der Waals surface area contributed by atoms with Crippen molar-refractivity contribution in [1.29, 1.82) is 0 Å². The molecule has 0 spiro atoms. The highest BCUT2D eigenvalue weighted by Crippen LogP contribution is 2.37. The number of ether oxygens (including phenoxy) is 3. The number of amides is 1. The number of aromatic nitrogens is 4. The number of fused-ring (bicyclic) bond motifs is 2. The maximum atomic E-state index is 11.9. The van der Waals surface area contributed by atoms with E-state index in [0.717, 1.165) is 27.7 Å². The van der Waals surface area contributed by atoms with Crippen molar-refractivity contribution in [3.8, 4) is 45.5 Å². The van der Waals surface area contributed by atoms with Gasteiger partial charge in [0.05, 0.1) is 31.1 Å². The number of nitrogens with two attached hydrogens (primary N) is 1. The molecule has 2 N–H and O–H groups in total. The number of primary amides is 1. The van der Waals surface area contributed by atoms with Gasteiger partial charge in [-0.3, -0.25) is 9.78 Å². The summed E-state index contributed by atoms with van der Waals surface area (Å²) in [6, 6.07) is 26.2. The quantitative estimate of drug-likeness (QED) is 0.297. The Bertz CT molecular complexity index is 1830. The summed E-state index contributed by atoms with van der Waals surface area (Å²) in [5.74, 6) is 1.87. The molecule has 0 fully saturated rings. The molecule has 0 aliphatic carbocycles. The van der Waals surface area contributed by atoms with Gasteiger partial charge in [0.15, 0.2) is 17.1 Å². The molecule has 6 aromatic rings. The lowest BCUT2D eigenvalue weighted by atomic mass is 10.1. The molecule has 3 aromatic carbocycles.